The highest BCUT2D eigenvalue weighted by atomic mass is 79.9. The molecule has 1 aliphatic heterocycles. The summed E-state index contributed by atoms with van der Waals surface area (Å²) in [4.78, 5) is 25.1. The Hall–Kier alpha value is -1.43. The number of rotatable bonds is 3. The molecule has 0 N–H and O–H groups in total. The standard InChI is InChI=1S/C14H15BrFNO3/c1-8(10-4-3-9(15)7-11(10)16)17-12(14(19)20-2)5-6-13(17)18/h3-4,7-8,12H,5-6H2,1-2H3. The average Bonchev–Trinajstić information content (AvgIpc) is 2.79. The predicted octanol–water partition coefficient (Wildman–Crippen LogP) is 2.81. The third-order valence-electron chi connectivity index (χ3n) is 3.56. The molecular weight excluding hydrogens is 329 g/mol. The van der Waals surface area contributed by atoms with E-state index in [1.54, 1.807) is 19.1 Å². The van der Waals surface area contributed by atoms with E-state index in [9.17, 15) is 14.0 Å². The summed E-state index contributed by atoms with van der Waals surface area (Å²) in [6, 6.07) is 3.53. The van der Waals surface area contributed by atoms with E-state index < -0.39 is 23.9 Å². The molecule has 20 heavy (non-hydrogen) atoms. The van der Waals surface area contributed by atoms with E-state index in [0.29, 0.717) is 16.5 Å². The van der Waals surface area contributed by atoms with E-state index in [1.165, 1.54) is 18.1 Å². The molecule has 0 aromatic heterocycles. The molecule has 1 fully saturated rings. The summed E-state index contributed by atoms with van der Waals surface area (Å²) in [7, 11) is 1.29. The van der Waals surface area contributed by atoms with Crippen LogP contribution in [0.3, 0.4) is 0 Å². The molecule has 1 aromatic carbocycles. The van der Waals surface area contributed by atoms with Gasteiger partial charge in [-0.25, -0.2) is 9.18 Å². The SMILES string of the molecule is COC(=O)C1CCC(=O)N1C(C)c1ccc(Br)cc1F. The van der Waals surface area contributed by atoms with E-state index in [0.717, 1.165) is 0 Å². The van der Waals surface area contributed by atoms with Crippen molar-refractivity contribution in [2.45, 2.75) is 31.8 Å². The number of methoxy groups -OCH3 is 1. The van der Waals surface area contributed by atoms with Gasteiger partial charge in [-0.05, 0) is 25.5 Å². The Morgan fingerprint density at radius 3 is 2.85 bits per heavy atom. The van der Waals surface area contributed by atoms with Crippen molar-refractivity contribution in [1.82, 2.24) is 4.90 Å². The van der Waals surface area contributed by atoms with E-state index >= 15 is 0 Å². The van der Waals surface area contributed by atoms with Crippen LogP contribution in [-0.2, 0) is 14.3 Å². The van der Waals surface area contributed by atoms with E-state index in [2.05, 4.69) is 15.9 Å². The number of halogens is 2. The zero-order valence-electron chi connectivity index (χ0n) is 11.2. The second kappa shape index (κ2) is 5.91. The summed E-state index contributed by atoms with van der Waals surface area (Å²) < 4.78 is 19.3. The maximum Gasteiger partial charge on any atom is 0.328 e. The van der Waals surface area contributed by atoms with Crippen LogP contribution < -0.4 is 0 Å². The van der Waals surface area contributed by atoms with Crippen molar-refractivity contribution in [1.29, 1.82) is 0 Å². The molecule has 0 saturated carbocycles. The monoisotopic (exact) mass is 343 g/mol. The maximum atomic E-state index is 14.0. The van der Waals surface area contributed by atoms with Crippen molar-refractivity contribution in [3.05, 3.63) is 34.1 Å². The minimum absolute atomic E-state index is 0.157. The van der Waals surface area contributed by atoms with E-state index in [1.807, 2.05) is 0 Å². The number of nitrogens with zero attached hydrogens (tertiary/aromatic N) is 1. The van der Waals surface area contributed by atoms with Crippen LogP contribution in [0.2, 0.25) is 0 Å². The van der Waals surface area contributed by atoms with Crippen LogP contribution in [0.25, 0.3) is 0 Å². The van der Waals surface area contributed by atoms with Gasteiger partial charge in [0.1, 0.15) is 11.9 Å². The van der Waals surface area contributed by atoms with Crippen LogP contribution in [0.4, 0.5) is 4.39 Å². The Morgan fingerprint density at radius 2 is 2.25 bits per heavy atom. The first-order valence-corrected chi connectivity index (χ1v) is 7.09. The zero-order chi connectivity index (χ0) is 14.9. The molecule has 1 heterocycles. The highest BCUT2D eigenvalue weighted by Crippen LogP contribution is 2.32. The molecule has 1 amide bonds. The van der Waals surface area contributed by atoms with Gasteiger partial charge in [-0.1, -0.05) is 22.0 Å². The third kappa shape index (κ3) is 2.70. The lowest BCUT2D eigenvalue weighted by molar-refractivity contribution is -0.150. The summed E-state index contributed by atoms with van der Waals surface area (Å²) in [6.45, 7) is 1.71. The van der Waals surface area contributed by atoms with Crippen LogP contribution in [0.5, 0.6) is 0 Å². The largest absolute Gasteiger partial charge is 0.467 e. The molecule has 0 bridgehead atoms. The summed E-state index contributed by atoms with van der Waals surface area (Å²) >= 11 is 3.19. The van der Waals surface area contributed by atoms with Crippen LogP contribution in [-0.4, -0.2) is 29.9 Å². The molecule has 0 aliphatic carbocycles. The lowest BCUT2D eigenvalue weighted by Gasteiger charge is -2.30. The van der Waals surface area contributed by atoms with Crippen molar-refractivity contribution in [2.75, 3.05) is 7.11 Å². The van der Waals surface area contributed by atoms with E-state index in [4.69, 9.17) is 4.74 Å². The molecule has 1 aromatic rings. The molecule has 2 rings (SSSR count). The number of benzene rings is 1. The van der Waals surface area contributed by atoms with Gasteiger partial charge in [0.05, 0.1) is 13.2 Å². The molecule has 1 saturated heterocycles. The van der Waals surface area contributed by atoms with Gasteiger partial charge in [-0.2, -0.15) is 0 Å². The van der Waals surface area contributed by atoms with Gasteiger partial charge in [-0.15, -0.1) is 0 Å². The number of hydrogen-bond donors (Lipinski definition) is 0. The van der Waals surface area contributed by atoms with Gasteiger partial charge < -0.3 is 9.64 Å². The molecule has 1 aliphatic rings. The van der Waals surface area contributed by atoms with E-state index in [-0.39, 0.29) is 12.3 Å². The van der Waals surface area contributed by atoms with Crippen LogP contribution >= 0.6 is 15.9 Å². The molecule has 4 nitrogen and oxygen atoms in total. The highest BCUT2D eigenvalue weighted by Gasteiger charge is 2.40. The molecule has 6 heteroatoms. The molecule has 2 unspecified atom stereocenters. The van der Waals surface area contributed by atoms with Crippen LogP contribution in [0, 0.1) is 5.82 Å². The Kier molecular flexibility index (Phi) is 4.42. The second-order valence-corrected chi connectivity index (χ2v) is 5.64. The first-order chi connectivity index (χ1) is 9.45. The van der Waals surface area contributed by atoms with Gasteiger partial charge in [0.25, 0.3) is 0 Å². The first kappa shape index (κ1) is 15.0. The highest BCUT2D eigenvalue weighted by molar-refractivity contribution is 9.10. The number of ether oxygens (including phenoxy) is 1. The van der Waals surface area contributed by atoms with Gasteiger partial charge >= 0.3 is 5.97 Å². The molecule has 0 radical (unpaired) electrons. The second-order valence-electron chi connectivity index (χ2n) is 4.72. The Morgan fingerprint density at radius 1 is 1.55 bits per heavy atom. The smallest absolute Gasteiger partial charge is 0.328 e. The van der Waals surface area contributed by atoms with Crippen molar-refractivity contribution in [2.24, 2.45) is 0 Å². The molecular formula is C14H15BrFNO3. The fraction of sp³-hybridized carbons (Fsp3) is 0.429. The number of likely N-dealkylation sites (tertiary alicyclic amines) is 1. The number of hydrogen-bond acceptors (Lipinski definition) is 3. The molecule has 108 valence electrons. The quantitative estimate of drug-likeness (QED) is 0.793. The summed E-state index contributed by atoms with van der Waals surface area (Å²) in [5, 5.41) is 0. The first-order valence-electron chi connectivity index (χ1n) is 6.29. The normalized spacial score (nSPS) is 20.1. The lowest BCUT2D eigenvalue weighted by Crippen LogP contribution is -2.41. The van der Waals surface area contributed by atoms with Gasteiger partial charge in [-0.3, -0.25) is 4.79 Å². The van der Waals surface area contributed by atoms with Crippen molar-refractivity contribution in [3.8, 4) is 0 Å². The van der Waals surface area contributed by atoms with Gasteiger partial charge in [0.15, 0.2) is 0 Å². The predicted molar refractivity (Wildman–Crippen MR) is 74.4 cm³/mol. The third-order valence-corrected chi connectivity index (χ3v) is 4.05. The summed E-state index contributed by atoms with van der Waals surface area (Å²) in [5.74, 6) is -1.02. The maximum absolute atomic E-state index is 14.0. The fourth-order valence-electron chi connectivity index (χ4n) is 2.55. The molecule has 0 spiro atoms. The van der Waals surface area contributed by atoms with Gasteiger partial charge in [0.2, 0.25) is 5.91 Å². The minimum Gasteiger partial charge on any atom is -0.467 e. The van der Waals surface area contributed by atoms with Crippen LogP contribution in [0.1, 0.15) is 31.4 Å². The summed E-state index contributed by atoms with van der Waals surface area (Å²) in [5.41, 5.74) is 0.386. The van der Waals surface area contributed by atoms with Crippen molar-refractivity contribution >= 4 is 27.8 Å². The Balaban J connectivity index is 2.32. The lowest BCUT2D eigenvalue weighted by atomic mass is 10.1. The number of carbonyl (C=O) groups is 2. The van der Waals surface area contributed by atoms with Crippen molar-refractivity contribution in [3.63, 3.8) is 0 Å². The minimum atomic E-state index is -0.634. The number of esters is 1. The van der Waals surface area contributed by atoms with Crippen molar-refractivity contribution < 1.29 is 18.7 Å². The Labute approximate surface area is 125 Å². The van der Waals surface area contributed by atoms with Gasteiger partial charge in [0, 0.05) is 16.5 Å². The van der Waals surface area contributed by atoms with Crippen LogP contribution in [0.15, 0.2) is 22.7 Å². The molecule has 2 atom stereocenters. The zero-order valence-corrected chi connectivity index (χ0v) is 12.8. The Bertz CT molecular complexity index is 549. The fourth-order valence-corrected chi connectivity index (χ4v) is 2.88. The number of amides is 1. The number of carbonyl (C=O) groups excluding carboxylic acids is 2. The summed E-state index contributed by atoms with van der Waals surface area (Å²) in [6.07, 6.45) is 0.691. The topological polar surface area (TPSA) is 46.6 Å². The average molecular weight is 344 g/mol.